The Hall–Kier alpha value is -1.76. The lowest BCUT2D eigenvalue weighted by Crippen LogP contribution is -2.53. The van der Waals surface area contributed by atoms with Gasteiger partial charge in [0.05, 0.1) is 11.6 Å². The smallest absolute Gasteiger partial charge is 0.317 e. The maximum atomic E-state index is 13.7. The van der Waals surface area contributed by atoms with Gasteiger partial charge in [-0.1, -0.05) is 0 Å². The number of piperazine rings is 1. The van der Waals surface area contributed by atoms with Crippen LogP contribution >= 0.6 is 12.6 Å². The zero-order chi connectivity index (χ0) is 14.3. The van der Waals surface area contributed by atoms with Crippen molar-refractivity contribution in [3.63, 3.8) is 0 Å². The zero-order valence-electron chi connectivity index (χ0n) is 10.7. The van der Waals surface area contributed by atoms with Gasteiger partial charge in [0.15, 0.2) is 0 Å². The van der Waals surface area contributed by atoms with E-state index in [0.717, 1.165) is 0 Å². The number of rotatable bonds is 1. The molecule has 2 aliphatic rings. The summed E-state index contributed by atoms with van der Waals surface area (Å²) < 4.78 is 13.7. The molecule has 5 nitrogen and oxygen atoms in total. The summed E-state index contributed by atoms with van der Waals surface area (Å²) in [5, 5.41) is 2.74. The van der Waals surface area contributed by atoms with Crippen LogP contribution in [-0.2, 0) is 0 Å². The number of fused-ring (bicyclic) bond motifs is 1. The maximum Gasteiger partial charge on any atom is 0.317 e. The Balaban J connectivity index is 1.78. The fourth-order valence-corrected chi connectivity index (χ4v) is 2.84. The first kappa shape index (κ1) is 13.2. The first-order chi connectivity index (χ1) is 9.56. The standard InChI is InChI=1S/C13H14FN3O2S/c14-11-2-1-9(20)5-10(11)12(18)16-3-4-17-8(7-16)6-15-13(17)19/h1-2,5,8,20H,3-4,6-7H2,(H,15,19). The number of urea groups is 1. The molecule has 3 amide bonds. The van der Waals surface area contributed by atoms with E-state index in [-0.39, 0.29) is 23.5 Å². The van der Waals surface area contributed by atoms with Crippen molar-refractivity contribution in [1.82, 2.24) is 15.1 Å². The van der Waals surface area contributed by atoms with Crippen LogP contribution in [0.1, 0.15) is 10.4 Å². The fourth-order valence-electron chi connectivity index (χ4n) is 2.64. The third-order valence-corrected chi connectivity index (χ3v) is 3.98. The number of nitrogens with zero attached hydrogens (tertiary/aromatic N) is 2. The number of carbonyl (C=O) groups excluding carboxylic acids is 2. The van der Waals surface area contributed by atoms with E-state index in [1.54, 1.807) is 9.80 Å². The van der Waals surface area contributed by atoms with Crippen LogP contribution in [0.25, 0.3) is 0 Å². The van der Waals surface area contributed by atoms with Gasteiger partial charge in [-0.3, -0.25) is 4.79 Å². The summed E-state index contributed by atoms with van der Waals surface area (Å²) in [7, 11) is 0. The minimum absolute atomic E-state index is 0.0255. The number of hydrogen-bond donors (Lipinski definition) is 2. The lowest BCUT2D eigenvalue weighted by atomic mass is 10.1. The molecule has 1 N–H and O–H groups in total. The minimum Gasteiger partial charge on any atom is -0.336 e. The molecular formula is C13H14FN3O2S. The van der Waals surface area contributed by atoms with Gasteiger partial charge >= 0.3 is 6.03 Å². The van der Waals surface area contributed by atoms with Crippen molar-refractivity contribution in [2.75, 3.05) is 26.2 Å². The van der Waals surface area contributed by atoms with E-state index >= 15 is 0 Å². The van der Waals surface area contributed by atoms with Crippen LogP contribution < -0.4 is 5.32 Å². The summed E-state index contributed by atoms with van der Waals surface area (Å²) in [6.45, 7) is 1.84. The molecule has 0 saturated carbocycles. The second kappa shape index (κ2) is 4.97. The fraction of sp³-hybridized carbons (Fsp3) is 0.385. The van der Waals surface area contributed by atoms with Crippen molar-refractivity contribution in [1.29, 1.82) is 0 Å². The molecular weight excluding hydrogens is 281 g/mol. The predicted molar refractivity (Wildman–Crippen MR) is 73.4 cm³/mol. The van der Waals surface area contributed by atoms with Crippen molar-refractivity contribution in [3.05, 3.63) is 29.6 Å². The van der Waals surface area contributed by atoms with Crippen molar-refractivity contribution in [3.8, 4) is 0 Å². The molecule has 7 heteroatoms. The summed E-state index contributed by atoms with van der Waals surface area (Å²) in [4.78, 5) is 27.7. The van der Waals surface area contributed by atoms with E-state index in [0.29, 0.717) is 31.1 Å². The third-order valence-electron chi connectivity index (χ3n) is 3.70. The van der Waals surface area contributed by atoms with Crippen LogP contribution in [0, 0.1) is 5.82 Å². The van der Waals surface area contributed by atoms with Gasteiger partial charge < -0.3 is 15.1 Å². The normalized spacial score (nSPS) is 21.7. The number of benzene rings is 1. The highest BCUT2D eigenvalue weighted by atomic mass is 32.1. The SMILES string of the molecule is O=C(c1cc(S)ccc1F)N1CCN2C(=O)NCC2C1. The van der Waals surface area contributed by atoms with Crippen LogP contribution in [-0.4, -0.2) is 54.0 Å². The Morgan fingerprint density at radius 1 is 1.40 bits per heavy atom. The predicted octanol–water partition coefficient (Wildman–Crippen LogP) is 0.964. The highest BCUT2D eigenvalue weighted by molar-refractivity contribution is 7.80. The highest BCUT2D eigenvalue weighted by Gasteiger charge is 2.37. The minimum atomic E-state index is -0.546. The molecule has 0 bridgehead atoms. The van der Waals surface area contributed by atoms with Crippen molar-refractivity contribution in [2.45, 2.75) is 10.9 Å². The summed E-state index contributed by atoms with van der Waals surface area (Å²) in [6, 6.07) is 4.07. The van der Waals surface area contributed by atoms with Gasteiger partial charge in [-0.25, -0.2) is 9.18 Å². The van der Waals surface area contributed by atoms with Crippen LogP contribution in [0.2, 0.25) is 0 Å². The number of thiol groups is 1. The van der Waals surface area contributed by atoms with Crippen LogP contribution in [0.4, 0.5) is 9.18 Å². The number of nitrogens with one attached hydrogen (secondary N) is 1. The Morgan fingerprint density at radius 3 is 3.00 bits per heavy atom. The molecule has 0 spiro atoms. The number of carbonyl (C=O) groups is 2. The molecule has 1 unspecified atom stereocenters. The quantitative estimate of drug-likeness (QED) is 0.758. The van der Waals surface area contributed by atoms with Crippen LogP contribution in [0.5, 0.6) is 0 Å². The maximum absolute atomic E-state index is 13.7. The second-order valence-electron chi connectivity index (χ2n) is 4.95. The lowest BCUT2D eigenvalue weighted by Gasteiger charge is -2.36. The Kier molecular flexibility index (Phi) is 3.29. The Bertz CT molecular complexity index is 581. The average Bonchev–Trinajstić information content (AvgIpc) is 2.82. The number of hydrogen-bond acceptors (Lipinski definition) is 3. The summed E-state index contributed by atoms with van der Waals surface area (Å²) in [5.41, 5.74) is 0.0308. The van der Waals surface area contributed by atoms with Gasteiger partial charge in [0, 0.05) is 31.1 Å². The van der Waals surface area contributed by atoms with Gasteiger partial charge in [0.25, 0.3) is 5.91 Å². The molecule has 1 atom stereocenters. The van der Waals surface area contributed by atoms with Crippen LogP contribution in [0.15, 0.2) is 23.1 Å². The average molecular weight is 295 g/mol. The second-order valence-corrected chi connectivity index (χ2v) is 5.46. The van der Waals surface area contributed by atoms with Gasteiger partial charge in [-0.15, -0.1) is 12.6 Å². The third kappa shape index (κ3) is 2.22. The van der Waals surface area contributed by atoms with E-state index in [9.17, 15) is 14.0 Å². The lowest BCUT2D eigenvalue weighted by molar-refractivity contribution is 0.0612. The summed E-state index contributed by atoms with van der Waals surface area (Å²) >= 11 is 4.13. The van der Waals surface area contributed by atoms with Crippen LogP contribution in [0.3, 0.4) is 0 Å². The monoisotopic (exact) mass is 295 g/mol. The molecule has 20 heavy (non-hydrogen) atoms. The van der Waals surface area contributed by atoms with Gasteiger partial charge in [-0.05, 0) is 18.2 Å². The van der Waals surface area contributed by atoms with E-state index in [1.165, 1.54) is 18.2 Å². The van der Waals surface area contributed by atoms with E-state index < -0.39 is 5.82 Å². The topological polar surface area (TPSA) is 52.7 Å². The number of amides is 3. The molecule has 0 radical (unpaired) electrons. The first-order valence-electron chi connectivity index (χ1n) is 6.38. The van der Waals surface area contributed by atoms with Gasteiger partial charge in [0.2, 0.25) is 0 Å². The molecule has 0 aromatic heterocycles. The van der Waals surface area contributed by atoms with Crippen molar-refractivity contribution >= 4 is 24.6 Å². The summed E-state index contributed by atoms with van der Waals surface area (Å²) in [6.07, 6.45) is 0. The zero-order valence-corrected chi connectivity index (χ0v) is 11.6. The molecule has 1 aromatic rings. The molecule has 2 heterocycles. The molecule has 1 aromatic carbocycles. The van der Waals surface area contributed by atoms with Gasteiger partial charge in [0.1, 0.15) is 5.82 Å². The Morgan fingerprint density at radius 2 is 2.20 bits per heavy atom. The molecule has 2 saturated heterocycles. The molecule has 106 valence electrons. The van der Waals surface area contributed by atoms with E-state index in [4.69, 9.17) is 0 Å². The molecule has 0 aliphatic carbocycles. The summed E-state index contributed by atoms with van der Waals surface area (Å²) in [5.74, 6) is -0.895. The molecule has 2 aliphatic heterocycles. The van der Waals surface area contributed by atoms with Crippen molar-refractivity contribution in [2.24, 2.45) is 0 Å². The molecule has 2 fully saturated rings. The van der Waals surface area contributed by atoms with E-state index in [1.807, 2.05) is 0 Å². The van der Waals surface area contributed by atoms with Gasteiger partial charge in [-0.2, -0.15) is 0 Å². The number of halogens is 1. The Labute approximate surface area is 121 Å². The van der Waals surface area contributed by atoms with Crippen molar-refractivity contribution < 1.29 is 14.0 Å². The molecule has 3 rings (SSSR count). The highest BCUT2D eigenvalue weighted by Crippen LogP contribution is 2.19. The largest absolute Gasteiger partial charge is 0.336 e. The first-order valence-corrected chi connectivity index (χ1v) is 6.83. The van der Waals surface area contributed by atoms with E-state index in [2.05, 4.69) is 17.9 Å².